The zero-order valence-electron chi connectivity index (χ0n) is 11.2. The number of likely N-dealkylation sites (N-methyl/N-ethyl adjacent to an activating group) is 1. The van der Waals surface area contributed by atoms with E-state index in [1.165, 1.54) is 17.0 Å². The zero-order chi connectivity index (χ0) is 13.7. The van der Waals surface area contributed by atoms with Gasteiger partial charge in [0.25, 0.3) is 5.91 Å². The predicted octanol–water partition coefficient (Wildman–Crippen LogP) is 1.40. The lowest BCUT2D eigenvalue weighted by Gasteiger charge is -2.20. The number of carbonyl (C=O) groups excluding carboxylic acids is 1. The van der Waals surface area contributed by atoms with Gasteiger partial charge in [0.15, 0.2) is 6.10 Å². The van der Waals surface area contributed by atoms with Gasteiger partial charge in [-0.2, -0.15) is 0 Å². The summed E-state index contributed by atoms with van der Waals surface area (Å²) in [6, 6.07) is 4.27. The molecule has 0 heterocycles. The predicted molar refractivity (Wildman–Crippen MR) is 67.9 cm³/mol. The zero-order valence-corrected chi connectivity index (χ0v) is 11.2. The number of halogens is 1. The van der Waals surface area contributed by atoms with E-state index in [0.717, 1.165) is 0 Å². The van der Waals surface area contributed by atoms with Crippen LogP contribution >= 0.6 is 0 Å². The lowest BCUT2D eigenvalue weighted by molar-refractivity contribution is -0.135. The normalized spacial score (nSPS) is 12.1. The molecule has 0 aliphatic rings. The smallest absolute Gasteiger partial charge is 0.262 e. The quantitative estimate of drug-likeness (QED) is 0.863. The lowest BCUT2D eigenvalue weighted by Crippen LogP contribution is -2.35. The highest BCUT2D eigenvalue weighted by atomic mass is 19.1. The Hall–Kier alpha value is -1.62. The molecule has 5 heteroatoms. The van der Waals surface area contributed by atoms with E-state index in [2.05, 4.69) is 5.32 Å². The molecule has 4 nitrogen and oxygen atoms in total. The van der Waals surface area contributed by atoms with Crippen LogP contribution in [0.25, 0.3) is 0 Å². The van der Waals surface area contributed by atoms with Gasteiger partial charge in [-0.25, -0.2) is 4.39 Å². The Morgan fingerprint density at radius 1 is 1.50 bits per heavy atom. The molecule has 0 aliphatic heterocycles. The minimum atomic E-state index is -0.596. The van der Waals surface area contributed by atoms with Crippen LogP contribution in [0, 0.1) is 5.82 Å². The van der Waals surface area contributed by atoms with Crippen LogP contribution < -0.4 is 10.1 Å². The van der Waals surface area contributed by atoms with Crippen molar-refractivity contribution in [2.24, 2.45) is 0 Å². The molecule has 0 fully saturated rings. The third kappa shape index (κ3) is 3.70. The van der Waals surface area contributed by atoms with Gasteiger partial charge in [-0.15, -0.1) is 0 Å². The molecule has 0 bridgehead atoms. The van der Waals surface area contributed by atoms with Crippen LogP contribution in [0.1, 0.15) is 12.5 Å². The molecular weight excluding hydrogens is 235 g/mol. The van der Waals surface area contributed by atoms with Crippen molar-refractivity contribution < 1.29 is 13.9 Å². The van der Waals surface area contributed by atoms with E-state index in [-0.39, 0.29) is 11.7 Å². The number of amides is 1. The van der Waals surface area contributed by atoms with Gasteiger partial charge in [-0.05, 0) is 32.2 Å². The van der Waals surface area contributed by atoms with Crippen LogP contribution in [-0.2, 0) is 11.3 Å². The standard InChI is InChI=1S/C13H19FN2O2/c1-9(13(17)16(3)4)18-12-6-5-11(14)7-10(12)8-15-2/h5-7,9,15H,8H2,1-4H3. The largest absolute Gasteiger partial charge is 0.481 e. The highest BCUT2D eigenvalue weighted by Crippen LogP contribution is 2.21. The van der Waals surface area contributed by atoms with Crippen LogP contribution in [0.15, 0.2) is 18.2 Å². The Balaban J connectivity index is 2.86. The van der Waals surface area contributed by atoms with E-state index in [4.69, 9.17) is 4.74 Å². The van der Waals surface area contributed by atoms with Crippen molar-refractivity contribution in [2.45, 2.75) is 19.6 Å². The van der Waals surface area contributed by atoms with Gasteiger partial charge < -0.3 is 15.0 Å². The van der Waals surface area contributed by atoms with E-state index in [1.807, 2.05) is 0 Å². The van der Waals surface area contributed by atoms with Crippen molar-refractivity contribution in [3.63, 3.8) is 0 Å². The fraction of sp³-hybridized carbons (Fsp3) is 0.462. The van der Waals surface area contributed by atoms with Crippen LogP contribution in [0.2, 0.25) is 0 Å². The summed E-state index contributed by atoms with van der Waals surface area (Å²) in [5.41, 5.74) is 0.691. The molecule has 1 aromatic rings. The van der Waals surface area contributed by atoms with Crippen molar-refractivity contribution in [3.8, 4) is 5.75 Å². The average molecular weight is 254 g/mol. The highest BCUT2D eigenvalue weighted by Gasteiger charge is 2.18. The average Bonchev–Trinajstić information content (AvgIpc) is 2.31. The molecule has 18 heavy (non-hydrogen) atoms. The van der Waals surface area contributed by atoms with Crippen molar-refractivity contribution >= 4 is 5.91 Å². The van der Waals surface area contributed by atoms with Crippen LogP contribution in [0.5, 0.6) is 5.75 Å². The van der Waals surface area contributed by atoms with Crippen LogP contribution in [0.3, 0.4) is 0 Å². The number of ether oxygens (including phenoxy) is 1. The SMILES string of the molecule is CNCc1cc(F)ccc1OC(C)C(=O)N(C)C. The molecule has 0 radical (unpaired) electrons. The molecule has 0 spiro atoms. The summed E-state index contributed by atoms with van der Waals surface area (Å²) in [6.07, 6.45) is -0.596. The topological polar surface area (TPSA) is 41.6 Å². The maximum atomic E-state index is 13.1. The summed E-state index contributed by atoms with van der Waals surface area (Å²) in [4.78, 5) is 13.2. The summed E-state index contributed by atoms with van der Waals surface area (Å²) >= 11 is 0. The van der Waals surface area contributed by atoms with Gasteiger partial charge >= 0.3 is 0 Å². The van der Waals surface area contributed by atoms with Crippen molar-refractivity contribution in [3.05, 3.63) is 29.6 Å². The Bertz CT molecular complexity index is 421. The fourth-order valence-electron chi connectivity index (χ4n) is 1.60. The first kappa shape index (κ1) is 14.4. The molecular formula is C13H19FN2O2. The molecule has 0 aromatic heterocycles. The van der Waals surface area contributed by atoms with Gasteiger partial charge in [0.05, 0.1) is 0 Å². The molecule has 1 aromatic carbocycles. The number of nitrogens with one attached hydrogen (secondary N) is 1. The lowest BCUT2D eigenvalue weighted by atomic mass is 10.2. The summed E-state index contributed by atoms with van der Waals surface area (Å²) < 4.78 is 18.7. The van der Waals surface area contributed by atoms with E-state index in [0.29, 0.717) is 17.9 Å². The van der Waals surface area contributed by atoms with Crippen molar-refractivity contribution in [2.75, 3.05) is 21.1 Å². The Labute approximate surface area is 107 Å². The third-order valence-corrected chi connectivity index (χ3v) is 2.48. The van der Waals surface area contributed by atoms with E-state index >= 15 is 0 Å². The van der Waals surface area contributed by atoms with Crippen LogP contribution in [-0.4, -0.2) is 38.1 Å². The molecule has 1 rings (SSSR count). The Morgan fingerprint density at radius 3 is 2.72 bits per heavy atom. The number of nitrogens with zero attached hydrogens (tertiary/aromatic N) is 1. The van der Waals surface area contributed by atoms with Crippen LogP contribution in [0.4, 0.5) is 4.39 Å². The molecule has 0 saturated heterocycles. The molecule has 1 unspecified atom stereocenters. The fourth-order valence-corrected chi connectivity index (χ4v) is 1.60. The minimum Gasteiger partial charge on any atom is -0.481 e. The molecule has 1 atom stereocenters. The Morgan fingerprint density at radius 2 is 2.17 bits per heavy atom. The molecule has 0 aliphatic carbocycles. The van der Waals surface area contributed by atoms with Gasteiger partial charge in [0, 0.05) is 26.2 Å². The first-order chi connectivity index (χ1) is 8.45. The Kier molecular flexibility index (Phi) is 5.09. The monoisotopic (exact) mass is 254 g/mol. The van der Waals surface area contributed by atoms with E-state index < -0.39 is 6.10 Å². The first-order valence-corrected chi connectivity index (χ1v) is 5.76. The van der Waals surface area contributed by atoms with Crippen molar-refractivity contribution in [1.82, 2.24) is 10.2 Å². The maximum absolute atomic E-state index is 13.1. The summed E-state index contributed by atoms with van der Waals surface area (Å²) in [5, 5.41) is 2.93. The van der Waals surface area contributed by atoms with Gasteiger partial charge in [0.2, 0.25) is 0 Å². The summed E-state index contributed by atoms with van der Waals surface area (Å²) in [5.74, 6) is 0.0716. The van der Waals surface area contributed by atoms with E-state index in [1.54, 1.807) is 34.1 Å². The minimum absolute atomic E-state index is 0.130. The number of carbonyl (C=O) groups is 1. The number of rotatable bonds is 5. The highest BCUT2D eigenvalue weighted by molar-refractivity contribution is 5.80. The molecule has 0 saturated carbocycles. The number of benzene rings is 1. The first-order valence-electron chi connectivity index (χ1n) is 5.76. The maximum Gasteiger partial charge on any atom is 0.262 e. The summed E-state index contributed by atoms with van der Waals surface area (Å²) in [7, 11) is 5.10. The van der Waals surface area contributed by atoms with Gasteiger partial charge in [-0.3, -0.25) is 4.79 Å². The molecule has 1 amide bonds. The second kappa shape index (κ2) is 6.35. The number of hydrogen-bond acceptors (Lipinski definition) is 3. The second-order valence-corrected chi connectivity index (χ2v) is 4.28. The van der Waals surface area contributed by atoms with E-state index in [9.17, 15) is 9.18 Å². The summed E-state index contributed by atoms with van der Waals surface area (Å²) in [6.45, 7) is 2.16. The molecule has 1 N–H and O–H groups in total. The van der Waals surface area contributed by atoms with Gasteiger partial charge in [-0.1, -0.05) is 0 Å². The van der Waals surface area contributed by atoms with Gasteiger partial charge in [0.1, 0.15) is 11.6 Å². The van der Waals surface area contributed by atoms with Crippen molar-refractivity contribution in [1.29, 1.82) is 0 Å². The second-order valence-electron chi connectivity index (χ2n) is 4.28. The third-order valence-electron chi connectivity index (χ3n) is 2.48. The molecule has 100 valence electrons. The number of hydrogen-bond donors (Lipinski definition) is 1.